The summed E-state index contributed by atoms with van der Waals surface area (Å²) >= 11 is 0. The van der Waals surface area contributed by atoms with E-state index in [0.29, 0.717) is 0 Å². The molecule has 0 radical (unpaired) electrons. The molecule has 0 fully saturated rings. The summed E-state index contributed by atoms with van der Waals surface area (Å²) in [5, 5.41) is 15.2. The molecule has 0 aliphatic heterocycles. The van der Waals surface area contributed by atoms with Crippen molar-refractivity contribution in [1.82, 2.24) is 9.13 Å². The lowest BCUT2D eigenvalue weighted by Gasteiger charge is -2.17. The van der Waals surface area contributed by atoms with Gasteiger partial charge in [-0.05, 0) is 142 Å². The first-order chi connectivity index (χ1) is 38.7. The molecule has 2 aliphatic rings. The average molecular weight is 985 g/mol. The van der Waals surface area contributed by atoms with Crippen molar-refractivity contribution in [3.8, 4) is 89.3 Å². The van der Waals surface area contributed by atoms with Crippen LogP contribution in [-0.4, -0.2) is 9.13 Å². The lowest BCUT2D eigenvalue weighted by molar-refractivity contribution is 1.20. The maximum absolute atomic E-state index is 2.60. The summed E-state index contributed by atoms with van der Waals surface area (Å²) in [4.78, 5) is 0. The number of para-hydroxylation sites is 1. The van der Waals surface area contributed by atoms with Gasteiger partial charge in [-0.2, -0.15) is 0 Å². The molecule has 2 nitrogen and oxygen atoms in total. The minimum atomic E-state index is 1.18. The Morgan fingerprint density at radius 3 is 1.45 bits per heavy atom. The number of hydrogen-bond acceptors (Lipinski definition) is 0. The van der Waals surface area contributed by atoms with E-state index in [-0.39, 0.29) is 0 Å². The van der Waals surface area contributed by atoms with E-state index in [2.05, 4.69) is 276 Å². The largest absolute Gasteiger partial charge is 0.309 e. The van der Waals surface area contributed by atoms with Crippen LogP contribution in [-0.2, 0) is 0 Å². The Balaban J connectivity index is 0.866. The van der Waals surface area contributed by atoms with E-state index in [4.69, 9.17) is 0 Å². The first kappa shape index (κ1) is 42.0. The topological polar surface area (TPSA) is 9.86 Å². The fourth-order valence-corrected chi connectivity index (χ4v) is 14.3. The van der Waals surface area contributed by atoms with Gasteiger partial charge in [-0.25, -0.2) is 0 Å². The molecule has 2 heteroatoms. The van der Waals surface area contributed by atoms with Crippen molar-refractivity contribution in [3.63, 3.8) is 0 Å². The van der Waals surface area contributed by atoms with Gasteiger partial charge in [-0.15, -0.1) is 0 Å². The first-order valence-corrected chi connectivity index (χ1v) is 27.2. The summed E-state index contributed by atoms with van der Waals surface area (Å²) in [6, 6.07) is 100. The summed E-state index contributed by atoms with van der Waals surface area (Å²) in [7, 11) is 0. The van der Waals surface area contributed by atoms with E-state index in [1.165, 1.54) is 176 Å². The van der Waals surface area contributed by atoms with E-state index < -0.39 is 0 Å². The Morgan fingerprint density at radius 1 is 0.205 bits per heavy atom. The lowest BCUT2D eigenvalue weighted by Crippen LogP contribution is -1.98. The van der Waals surface area contributed by atoms with Gasteiger partial charge in [-0.3, -0.25) is 0 Å². The average Bonchev–Trinajstić information content (AvgIpc) is 4.23. The second-order valence-corrected chi connectivity index (χ2v) is 21.4. The van der Waals surface area contributed by atoms with Crippen molar-refractivity contribution < 1.29 is 0 Å². The molecule has 78 heavy (non-hydrogen) atoms. The summed E-state index contributed by atoms with van der Waals surface area (Å²) < 4.78 is 5.12. The molecule has 0 spiro atoms. The molecule has 0 N–H and O–H groups in total. The van der Waals surface area contributed by atoms with Crippen LogP contribution in [0.25, 0.3) is 176 Å². The van der Waals surface area contributed by atoms with Crippen LogP contribution in [0.5, 0.6) is 0 Å². The third kappa shape index (κ3) is 5.60. The van der Waals surface area contributed by atoms with E-state index in [0.717, 1.165) is 0 Å². The van der Waals surface area contributed by atoms with Crippen molar-refractivity contribution in [2.75, 3.05) is 0 Å². The van der Waals surface area contributed by atoms with Gasteiger partial charge in [0.25, 0.3) is 0 Å². The van der Waals surface area contributed by atoms with Gasteiger partial charge in [0.05, 0.1) is 33.4 Å². The SMILES string of the molecule is c1ccc(-c2ccc(-n3c4ccccc4c4c5c(ccc43)-c3cc(-c4ccc6c7ccc8c(c7n(-c7ccc(-c9ccccc9)c9ccccc79)c6c4)-c4cccc6cccc-8c46)cc4cccc-5c34)c3ccccc23)cc1. The Labute approximate surface area is 449 Å². The minimum absolute atomic E-state index is 1.18. The molecule has 16 aromatic rings. The molecule has 358 valence electrons. The standard InChI is InChI=1S/C76H44N2/c1-3-16-45(17-4-1)51-36-39-67(55-25-9-7-23-53(51)55)77-66-31-12-11-27-62(66)75-69(77)41-38-60-65-43-50(42-49-22-15-29-63(72(49)65)73(60)75)48-32-33-57-61-35-34-59-58-28-13-20-47-21-14-30-64(71(47)58)74(59)76(61)78(70(57)44-48)68-40-37-52(46-18-5-2-6-19-46)54-24-8-10-26-56(54)68/h1-44H. The monoisotopic (exact) mass is 984 g/mol. The number of hydrogen-bond donors (Lipinski definition) is 0. The van der Waals surface area contributed by atoms with Crippen LogP contribution in [0.4, 0.5) is 0 Å². The highest BCUT2D eigenvalue weighted by atomic mass is 15.0. The molecule has 2 aliphatic carbocycles. The molecular weight excluding hydrogens is 941 g/mol. The summed E-state index contributed by atoms with van der Waals surface area (Å²) in [6.45, 7) is 0. The number of benzene rings is 14. The van der Waals surface area contributed by atoms with Gasteiger partial charge in [0.15, 0.2) is 0 Å². The number of fused-ring (bicyclic) bond motifs is 16. The zero-order valence-corrected chi connectivity index (χ0v) is 42.3. The third-order valence-corrected chi connectivity index (χ3v) is 17.6. The Kier molecular flexibility index (Phi) is 8.42. The van der Waals surface area contributed by atoms with Gasteiger partial charge >= 0.3 is 0 Å². The Morgan fingerprint density at radius 2 is 0.744 bits per heavy atom. The molecular formula is C76H44N2. The quantitative estimate of drug-likeness (QED) is 0.163. The Bertz CT molecular complexity index is 5300. The van der Waals surface area contributed by atoms with Crippen LogP contribution >= 0.6 is 0 Å². The predicted octanol–water partition coefficient (Wildman–Crippen LogP) is 20.8. The van der Waals surface area contributed by atoms with Crippen molar-refractivity contribution in [2.24, 2.45) is 0 Å². The van der Waals surface area contributed by atoms with Crippen LogP contribution in [0.3, 0.4) is 0 Å². The van der Waals surface area contributed by atoms with Crippen molar-refractivity contribution in [2.45, 2.75) is 0 Å². The maximum Gasteiger partial charge on any atom is 0.0626 e. The highest BCUT2D eigenvalue weighted by molar-refractivity contribution is 6.29. The van der Waals surface area contributed by atoms with Crippen LogP contribution in [0.2, 0.25) is 0 Å². The second-order valence-electron chi connectivity index (χ2n) is 21.4. The molecule has 0 saturated carbocycles. The third-order valence-electron chi connectivity index (χ3n) is 17.6. The van der Waals surface area contributed by atoms with Crippen LogP contribution in [0.15, 0.2) is 267 Å². The predicted molar refractivity (Wildman–Crippen MR) is 330 cm³/mol. The van der Waals surface area contributed by atoms with Crippen LogP contribution < -0.4 is 0 Å². The molecule has 14 aromatic carbocycles. The smallest absolute Gasteiger partial charge is 0.0626 e. The second kappa shape index (κ2) is 15.6. The van der Waals surface area contributed by atoms with Crippen LogP contribution in [0.1, 0.15) is 0 Å². The van der Waals surface area contributed by atoms with Gasteiger partial charge in [0.1, 0.15) is 0 Å². The molecule has 0 saturated heterocycles. The molecule has 0 bridgehead atoms. The van der Waals surface area contributed by atoms with Crippen molar-refractivity contribution in [1.29, 1.82) is 0 Å². The van der Waals surface area contributed by atoms with Crippen molar-refractivity contribution >= 4 is 86.7 Å². The summed E-state index contributed by atoms with van der Waals surface area (Å²) in [5.74, 6) is 0. The van der Waals surface area contributed by atoms with Gasteiger partial charge < -0.3 is 9.13 Å². The molecule has 0 amide bonds. The number of rotatable bonds is 5. The van der Waals surface area contributed by atoms with Crippen molar-refractivity contribution in [3.05, 3.63) is 267 Å². The van der Waals surface area contributed by atoms with E-state index >= 15 is 0 Å². The highest BCUT2D eigenvalue weighted by Crippen LogP contribution is 2.56. The molecule has 18 rings (SSSR count). The Hall–Kier alpha value is -10.3. The van der Waals surface area contributed by atoms with E-state index in [1.807, 2.05) is 0 Å². The lowest BCUT2D eigenvalue weighted by atomic mass is 9.95. The van der Waals surface area contributed by atoms with E-state index in [9.17, 15) is 0 Å². The van der Waals surface area contributed by atoms with Crippen LogP contribution in [0, 0.1) is 0 Å². The minimum Gasteiger partial charge on any atom is -0.309 e. The van der Waals surface area contributed by atoms with Gasteiger partial charge in [0.2, 0.25) is 0 Å². The number of aromatic nitrogens is 2. The summed E-state index contributed by atoms with van der Waals surface area (Å²) in [6.07, 6.45) is 0. The number of nitrogens with zero attached hydrogens (tertiary/aromatic N) is 2. The van der Waals surface area contributed by atoms with Gasteiger partial charge in [-0.1, -0.05) is 224 Å². The normalized spacial score (nSPS) is 12.4. The zero-order valence-electron chi connectivity index (χ0n) is 42.3. The molecule has 0 atom stereocenters. The first-order valence-electron chi connectivity index (χ1n) is 27.2. The fourth-order valence-electron chi connectivity index (χ4n) is 14.3. The van der Waals surface area contributed by atoms with Gasteiger partial charge in [0, 0.05) is 43.4 Å². The van der Waals surface area contributed by atoms with E-state index in [1.54, 1.807) is 0 Å². The highest BCUT2D eigenvalue weighted by Gasteiger charge is 2.30. The molecule has 0 unspecified atom stereocenters. The zero-order chi connectivity index (χ0) is 50.7. The molecule has 2 aromatic heterocycles. The molecule has 2 heterocycles. The summed E-state index contributed by atoms with van der Waals surface area (Å²) in [5.41, 5.74) is 25.0. The maximum atomic E-state index is 2.60. The fraction of sp³-hybridized carbons (Fsp3) is 0.